The Kier molecular flexibility index (Phi) is 4.70. The fraction of sp³-hybridized carbons (Fsp3) is 0.375. The molecule has 4 nitrogen and oxygen atoms in total. The molecule has 0 aliphatic heterocycles. The highest BCUT2D eigenvalue weighted by atomic mass is 127. The van der Waals surface area contributed by atoms with Crippen LogP contribution in [-0.2, 0) is 4.74 Å². The molecule has 21 heavy (non-hydrogen) atoms. The van der Waals surface area contributed by atoms with Crippen molar-refractivity contribution in [2.75, 3.05) is 7.11 Å². The van der Waals surface area contributed by atoms with Crippen molar-refractivity contribution in [3.05, 3.63) is 44.3 Å². The normalized spacial score (nSPS) is 11.0. The molecule has 1 heterocycles. The summed E-state index contributed by atoms with van der Waals surface area (Å²) < 4.78 is 7.57. The van der Waals surface area contributed by atoms with E-state index in [9.17, 15) is 4.79 Å². The summed E-state index contributed by atoms with van der Waals surface area (Å²) in [5.74, 6) is -0.145. The number of rotatable bonds is 3. The highest BCUT2D eigenvalue weighted by molar-refractivity contribution is 14.1. The molecular formula is C16H19IN2O2. The van der Waals surface area contributed by atoms with Crippen LogP contribution >= 0.6 is 22.6 Å². The van der Waals surface area contributed by atoms with Crippen LogP contribution in [0, 0.1) is 17.4 Å². The van der Waals surface area contributed by atoms with Crippen LogP contribution in [0.25, 0.3) is 5.69 Å². The standard InChI is InChI=1S/C16H19IN2O2/c1-9(2)15-13(17)14(16(20)21-5)18-19(15)12-8-10(3)6-7-11(12)4/h6-9H,1-5H3. The molecule has 5 heteroatoms. The molecule has 0 fully saturated rings. The molecule has 2 rings (SSSR count). The van der Waals surface area contributed by atoms with E-state index in [1.54, 1.807) is 0 Å². The first-order chi connectivity index (χ1) is 9.86. The summed E-state index contributed by atoms with van der Waals surface area (Å²) in [4.78, 5) is 11.9. The Bertz CT molecular complexity index is 690. The molecule has 0 bridgehead atoms. The summed E-state index contributed by atoms with van der Waals surface area (Å²) in [7, 11) is 1.38. The summed E-state index contributed by atoms with van der Waals surface area (Å²) >= 11 is 2.18. The predicted octanol–water partition coefficient (Wildman–Crippen LogP) is 4.00. The zero-order valence-electron chi connectivity index (χ0n) is 12.9. The van der Waals surface area contributed by atoms with Gasteiger partial charge in [0, 0.05) is 0 Å². The van der Waals surface area contributed by atoms with Crippen molar-refractivity contribution >= 4 is 28.6 Å². The maximum atomic E-state index is 11.9. The average molecular weight is 398 g/mol. The van der Waals surface area contributed by atoms with Gasteiger partial charge in [0.15, 0.2) is 5.69 Å². The van der Waals surface area contributed by atoms with Crippen molar-refractivity contribution in [2.24, 2.45) is 0 Å². The summed E-state index contributed by atoms with van der Waals surface area (Å²) in [6.07, 6.45) is 0. The van der Waals surface area contributed by atoms with E-state index in [1.165, 1.54) is 7.11 Å². The predicted molar refractivity (Wildman–Crippen MR) is 91.2 cm³/mol. The van der Waals surface area contributed by atoms with Crippen LogP contribution in [0.2, 0.25) is 0 Å². The van der Waals surface area contributed by atoms with Crippen LogP contribution < -0.4 is 0 Å². The zero-order chi connectivity index (χ0) is 15.7. The van der Waals surface area contributed by atoms with Gasteiger partial charge in [-0.2, -0.15) is 5.10 Å². The van der Waals surface area contributed by atoms with Gasteiger partial charge in [-0.25, -0.2) is 9.48 Å². The summed E-state index contributed by atoms with van der Waals surface area (Å²) in [6, 6.07) is 6.23. The number of benzene rings is 1. The number of methoxy groups -OCH3 is 1. The van der Waals surface area contributed by atoms with Gasteiger partial charge in [-0.3, -0.25) is 0 Å². The van der Waals surface area contributed by atoms with E-state index in [1.807, 2.05) is 18.5 Å². The number of carbonyl (C=O) groups excluding carboxylic acids is 1. The summed E-state index contributed by atoms with van der Waals surface area (Å²) in [5.41, 5.74) is 4.70. The van der Waals surface area contributed by atoms with Gasteiger partial charge in [0.05, 0.1) is 22.1 Å². The van der Waals surface area contributed by atoms with Gasteiger partial charge in [-0.05, 0) is 59.5 Å². The van der Waals surface area contributed by atoms with E-state index in [0.29, 0.717) is 5.69 Å². The minimum Gasteiger partial charge on any atom is -0.464 e. The monoisotopic (exact) mass is 398 g/mol. The second kappa shape index (κ2) is 6.17. The van der Waals surface area contributed by atoms with Crippen molar-refractivity contribution in [2.45, 2.75) is 33.6 Å². The third-order valence-electron chi connectivity index (χ3n) is 3.38. The molecule has 0 radical (unpaired) electrons. The van der Waals surface area contributed by atoms with Gasteiger partial charge in [0.1, 0.15) is 0 Å². The van der Waals surface area contributed by atoms with E-state index in [-0.39, 0.29) is 5.92 Å². The van der Waals surface area contributed by atoms with E-state index >= 15 is 0 Å². The van der Waals surface area contributed by atoms with Crippen LogP contribution in [-0.4, -0.2) is 22.9 Å². The van der Waals surface area contributed by atoms with Crippen molar-refractivity contribution in [1.82, 2.24) is 9.78 Å². The van der Waals surface area contributed by atoms with Gasteiger partial charge in [0.2, 0.25) is 0 Å². The molecule has 1 aromatic heterocycles. The average Bonchev–Trinajstić information content (AvgIpc) is 2.78. The molecular weight excluding hydrogens is 379 g/mol. The molecule has 1 aromatic carbocycles. The first kappa shape index (κ1) is 16.0. The summed E-state index contributed by atoms with van der Waals surface area (Å²) in [6.45, 7) is 8.29. The lowest BCUT2D eigenvalue weighted by Gasteiger charge is -2.13. The molecule has 112 valence electrons. The molecule has 0 N–H and O–H groups in total. The minimum absolute atomic E-state index is 0.253. The molecule has 2 aromatic rings. The number of aromatic nitrogens is 2. The van der Waals surface area contributed by atoms with E-state index in [4.69, 9.17) is 4.74 Å². The molecule has 0 atom stereocenters. The Balaban J connectivity index is 2.73. The van der Waals surface area contributed by atoms with Gasteiger partial charge in [-0.1, -0.05) is 26.0 Å². The molecule has 0 saturated heterocycles. The van der Waals surface area contributed by atoms with Gasteiger partial charge in [-0.15, -0.1) is 0 Å². The quantitative estimate of drug-likeness (QED) is 0.580. The van der Waals surface area contributed by atoms with Crippen LogP contribution in [0.5, 0.6) is 0 Å². The number of carbonyl (C=O) groups is 1. The van der Waals surface area contributed by atoms with Crippen molar-refractivity contribution in [3.63, 3.8) is 0 Å². The fourth-order valence-corrected chi connectivity index (χ4v) is 3.45. The first-order valence-electron chi connectivity index (χ1n) is 6.81. The van der Waals surface area contributed by atoms with Gasteiger partial charge >= 0.3 is 5.97 Å². The molecule has 0 unspecified atom stereocenters. The smallest absolute Gasteiger partial charge is 0.359 e. The SMILES string of the molecule is COC(=O)c1nn(-c2cc(C)ccc2C)c(C(C)C)c1I. The number of nitrogens with zero attached hydrogens (tertiary/aromatic N) is 2. The number of aryl methyl sites for hydroxylation is 2. The molecule has 0 spiro atoms. The van der Waals surface area contributed by atoms with Crippen molar-refractivity contribution in [1.29, 1.82) is 0 Å². The Morgan fingerprint density at radius 2 is 2.00 bits per heavy atom. The molecule has 0 amide bonds. The topological polar surface area (TPSA) is 44.1 Å². The van der Waals surface area contributed by atoms with Crippen LogP contribution in [0.3, 0.4) is 0 Å². The van der Waals surface area contributed by atoms with Crippen molar-refractivity contribution in [3.8, 4) is 5.69 Å². The highest BCUT2D eigenvalue weighted by Gasteiger charge is 2.24. The number of hydrogen-bond donors (Lipinski definition) is 0. The third-order valence-corrected chi connectivity index (χ3v) is 4.44. The number of esters is 1. The maximum Gasteiger partial charge on any atom is 0.359 e. The lowest BCUT2D eigenvalue weighted by Crippen LogP contribution is -2.07. The molecule has 0 saturated carbocycles. The number of ether oxygens (including phenoxy) is 1. The highest BCUT2D eigenvalue weighted by Crippen LogP contribution is 2.29. The van der Waals surface area contributed by atoms with Crippen molar-refractivity contribution < 1.29 is 9.53 Å². The zero-order valence-corrected chi connectivity index (χ0v) is 15.1. The maximum absolute atomic E-state index is 11.9. The Morgan fingerprint density at radius 1 is 1.33 bits per heavy atom. The lowest BCUT2D eigenvalue weighted by molar-refractivity contribution is 0.0592. The molecule has 0 aliphatic carbocycles. The van der Waals surface area contributed by atoms with E-state index in [0.717, 1.165) is 26.1 Å². The lowest BCUT2D eigenvalue weighted by atomic mass is 10.1. The minimum atomic E-state index is -0.398. The van der Waals surface area contributed by atoms with Gasteiger partial charge < -0.3 is 4.74 Å². The summed E-state index contributed by atoms with van der Waals surface area (Å²) in [5, 5.41) is 4.51. The second-order valence-electron chi connectivity index (χ2n) is 5.40. The Hall–Kier alpha value is -1.37. The van der Waals surface area contributed by atoms with E-state index < -0.39 is 5.97 Å². The first-order valence-corrected chi connectivity index (χ1v) is 7.89. The Morgan fingerprint density at radius 3 is 2.57 bits per heavy atom. The van der Waals surface area contributed by atoms with E-state index in [2.05, 4.69) is 59.7 Å². The van der Waals surface area contributed by atoms with Crippen LogP contribution in [0.1, 0.15) is 47.1 Å². The van der Waals surface area contributed by atoms with Crippen LogP contribution in [0.15, 0.2) is 18.2 Å². The fourth-order valence-electron chi connectivity index (χ4n) is 2.27. The molecule has 0 aliphatic rings. The largest absolute Gasteiger partial charge is 0.464 e. The number of halogens is 1. The Labute approximate surface area is 138 Å². The third kappa shape index (κ3) is 2.97. The number of hydrogen-bond acceptors (Lipinski definition) is 3. The van der Waals surface area contributed by atoms with Gasteiger partial charge in [0.25, 0.3) is 0 Å². The van der Waals surface area contributed by atoms with Crippen LogP contribution in [0.4, 0.5) is 0 Å². The second-order valence-corrected chi connectivity index (χ2v) is 6.47.